The third-order valence-electron chi connectivity index (χ3n) is 3.06. The third-order valence-corrected chi connectivity index (χ3v) is 3.94. The molecule has 1 aromatic rings. The van der Waals surface area contributed by atoms with Crippen molar-refractivity contribution in [2.45, 2.75) is 46.3 Å². The predicted octanol–water partition coefficient (Wildman–Crippen LogP) is 2.75. The minimum atomic E-state index is 0.128. The average Bonchev–Trinajstić information content (AvgIpc) is 2.71. The van der Waals surface area contributed by atoms with Crippen molar-refractivity contribution < 1.29 is 4.74 Å². The molecule has 2 rings (SSSR count). The first-order chi connectivity index (χ1) is 7.99. The van der Waals surface area contributed by atoms with E-state index in [-0.39, 0.29) is 6.10 Å². The lowest BCUT2D eigenvalue weighted by molar-refractivity contribution is 0.244. The summed E-state index contributed by atoms with van der Waals surface area (Å²) < 4.78 is 10.0. The largest absolute Gasteiger partial charge is 0.484 e. The monoisotopic (exact) mass is 255 g/mol. The molecular weight excluding hydrogens is 234 g/mol. The van der Waals surface area contributed by atoms with Crippen molar-refractivity contribution in [2.24, 2.45) is 5.92 Å². The highest BCUT2D eigenvalue weighted by Gasteiger charge is 2.31. The average molecular weight is 255 g/mol. The molecule has 1 aromatic heterocycles. The molecule has 0 amide bonds. The number of ether oxygens (including phenoxy) is 1. The SMILES string of the molecule is CC1CC(C)N(c2snc(N)c2OC(C)C)C1. The van der Waals surface area contributed by atoms with Crippen LogP contribution in [-0.2, 0) is 0 Å². The Kier molecular flexibility index (Phi) is 3.47. The number of nitrogens with two attached hydrogens (primary N) is 1. The first-order valence-electron chi connectivity index (χ1n) is 6.17. The molecule has 0 saturated carbocycles. The number of nitrogen functional groups attached to an aromatic ring is 1. The van der Waals surface area contributed by atoms with Crippen LogP contribution >= 0.6 is 11.5 Å². The molecule has 1 saturated heterocycles. The number of hydrogen-bond acceptors (Lipinski definition) is 5. The zero-order valence-corrected chi connectivity index (χ0v) is 11.8. The number of rotatable bonds is 3. The molecule has 0 radical (unpaired) electrons. The van der Waals surface area contributed by atoms with Crippen LogP contribution in [0.3, 0.4) is 0 Å². The second kappa shape index (κ2) is 4.72. The summed E-state index contributed by atoms with van der Waals surface area (Å²) in [5, 5.41) is 1.09. The summed E-state index contributed by atoms with van der Waals surface area (Å²) in [6.45, 7) is 9.62. The first-order valence-corrected chi connectivity index (χ1v) is 6.94. The third kappa shape index (κ3) is 2.49. The Morgan fingerprint density at radius 2 is 2.18 bits per heavy atom. The van der Waals surface area contributed by atoms with Crippen LogP contribution in [-0.4, -0.2) is 23.1 Å². The van der Waals surface area contributed by atoms with E-state index in [1.165, 1.54) is 18.0 Å². The smallest absolute Gasteiger partial charge is 0.198 e. The van der Waals surface area contributed by atoms with Crippen molar-refractivity contribution in [2.75, 3.05) is 17.2 Å². The van der Waals surface area contributed by atoms with Crippen molar-refractivity contribution in [3.63, 3.8) is 0 Å². The van der Waals surface area contributed by atoms with Gasteiger partial charge >= 0.3 is 0 Å². The summed E-state index contributed by atoms with van der Waals surface area (Å²) in [5.41, 5.74) is 5.89. The summed E-state index contributed by atoms with van der Waals surface area (Å²) in [6, 6.07) is 0.541. The lowest BCUT2D eigenvalue weighted by atomic mass is 10.1. The molecule has 5 heteroatoms. The van der Waals surface area contributed by atoms with Gasteiger partial charge in [0.05, 0.1) is 6.10 Å². The van der Waals surface area contributed by atoms with Gasteiger partial charge in [0.1, 0.15) is 0 Å². The molecule has 1 aliphatic rings. The number of nitrogens with zero attached hydrogens (tertiary/aromatic N) is 2. The Hall–Kier alpha value is -0.970. The Morgan fingerprint density at radius 3 is 2.71 bits per heavy atom. The Morgan fingerprint density at radius 1 is 1.47 bits per heavy atom. The molecule has 4 nitrogen and oxygen atoms in total. The second-order valence-electron chi connectivity index (χ2n) is 5.21. The zero-order valence-electron chi connectivity index (χ0n) is 10.9. The van der Waals surface area contributed by atoms with E-state index in [0.29, 0.717) is 11.9 Å². The normalized spacial score (nSPS) is 24.6. The fourth-order valence-corrected chi connectivity index (χ4v) is 3.26. The molecule has 1 fully saturated rings. The highest BCUT2D eigenvalue weighted by atomic mass is 32.1. The molecule has 0 bridgehead atoms. The van der Waals surface area contributed by atoms with Gasteiger partial charge in [-0.2, -0.15) is 4.37 Å². The van der Waals surface area contributed by atoms with E-state index in [9.17, 15) is 0 Å². The molecule has 2 N–H and O–H groups in total. The van der Waals surface area contributed by atoms with Crippen LogP contribution in [0.5, 0.6) is 5.75 Å². The van der Waals surface area contributed by atoms with Crippen LogP contribution in [0.25, 0.3) is 0 Å². The number of aromatic nitrogens is 1. The standard InChI is InChI=1S/C12H21N3OS/c1-7(2)16-10-11(13)14-17-12(10)15-6-8(3)5-9(15)4/h7-9H,5-6H2,1-4H3,(H2,13,14). The predicted molar refractivity (Wildman–Crippen MR) is 72.9 cm³/mol. The van der Waals surface area contributed by atoms with Crippen molar-refractivity contribution in [3.8, 4) is 5.75 Å². The van der Waals surface area contributed by atoms with E-state index in [0.717, 1.165) is 23.2 Å². The van der Waals surface area contributed by atoms with E-state index in [1.807, 2.05) is 13.8 Å². The maximum Gasteiger partial charge on any atom is 0.198 e. The van der Waals surface area contributed by atoms with Gasteiger partial charge in [0.15, 0.2) is 16.6 Å². The Labute approximate surface area is 107 Å². The maximum absolute atomic E-state index is 5.89. The Balaban J connectivity index is 2.26. The van der Waals surface area contributed by atoms with Gasteiger partial charge in [0, 0.05) is 12.6 Å². The van der Waals surface area contributed by atoms with Crippen LogP contribution < -0.4 is 15.4 Å². The minimum absolute atomic E-state index is 0.128. The highest BCUT2D eigenvalue weighted by Crippen LogP contribution is 2.42. The van der Waals surface area contributed by atoms with E-state index in [4.69, 9.17) is 10.5 Å². The molecule has 2 heterocycles. The summed E-state index contributed by atoms with van der Waals surface area (Å²) in [5.74, 6) is 2.01. The summed E-state index contributed by atoms with van der Waals surface area (Å²) in [7, 11) is 0. The van der Waals surface area contributed by atoms with Gasteiger partial charge in [0.25, 0.3) is 0 Å². The first kappa shape index (κ1) is 12.5. The van der Waals surface area contributed by atoms with Crippen LogP contribution in [0.4, 0.5) is 10.8 Å². The van der Waals surface area contributed by atoms with Gasteiger partial charge in [-0.25, -0.2) is 0 Å². The maximum atomic E-state index is 5.89. The van der Waals surface area contributed by atoms with Crippen LogP contribution in [0.2, 0.25) is 0 Å². The van der Waals surface area contributed by atoms with E-state index in [1.54, 1.807) is 0 Å². The van der Waals surface area contributed by atoms with Crippen molar-refractivity contribution >= 4 is 22.4 Å². The summed E-state index contributed by atoms with van der Waals surface area (Å²) in [4.78, 5) is 2.37. The van der Waals surface area contributed by atoms with Gasteiger partial charge in [-0.15, -0.1) is 0 Å². The minimum Gasteiger partial charge on any atom is -0.484 e. The molecule has 2 atom stereocenters. The number of hydrogen-bond donors (Lipinski definition) is 1. The lowest BCUT2D eigenvalue weighted by Crippen LogP contribution is -2.26. The molecular formula is C12H21N3OS. The van der Waals surface area contributed by atoms with Crippen LogP contribution in [0.15, 0.2) is 0 Å². The van der Waals surface area contributed by atoms with E-state index < -0.39 is 0 Å². The van der Waals surface area contributed by atoms with Gasteiger partial charge in [-0.3, -0.25) is 0 Å². The fourth-order valence-electron chi connectivity index (χ4n) is 2.40. The van der Waals surface area contributed by atoms with Crippen molar-refractivity contribution in [1.82, 2.24) is 4.37 Å². The van der Waals surface area contributed by atoms with E-state index in [2.05, 4.69) is 23.1 Å². The second-order valence-corrected chi connectivity index (χ2v) is 5.96. The highest BCUT2D eigenvalue weighted by molar-refractivity contribution is 7.11. The Bertz CT molecular complexity index is 391. The van der Waals surface area contributed by atoms with Crippen molar-refractivity contribution in [3.05, 3.63) is 0 Å². The van der Waals surface area contributed by atoms with Gasteiger partial charge in [-0.1, -0.05) is 6.92 Å². The molecule has 17 heavy (non-hydrogen) atoms. The molecule has 2 unspecified atom stereocenters. The van der Waals surface area contributed by atoms with Crippen LogP contribution in [0, 0.1) is 5.92 Å². The van der Waals surface area contributed by atoms with Gasteiger partial charge < -0.3 is 15.4 Å². The summed E-state index contributed by atoms with van der Waals surface area (Å²) in [6.07, 6.45) is 1.35. The molecule has 96 valence electrons. The molecule has 1 aliphatic heterocycles. The van der Waals surface area contributed by atoms with Gasteiger partial charge in [-0.05, 0) is 44.6 Å². The van der Waals surface area contributed by atoms with Crippen LogP contribution in [0.1, 0.15) is 34.1 Å². The lowest BCUT2D eigenvalue weighted by Gasteiger charge is -2.23. The fraction of sp³-hybridized carbons (Fsp3) is 0.750. The zero-order chi connectivity index (χ0) is 12.6. The summed E-state index contributed by atoms with van der Waals surface area (Å²) >= 11 is 1.45. The molecule has 0 aromatic carbocycles. The van der Waals surface area contributed by atoms with E-state index >= 15 is 0 Å². The topological polar surface area (TPSA) is 51.4 Å². The van der Waals surface area contributed by atoms with Gasteiger partial charge in [0.2, 0.25) is 0 Å². The molecule has 0 spiro atoms. The van der Waals surface area contributed by atoms with Crippen molar-refractivity contribution in [1.29, 1.82) is 0 Å². The quantitative estimate of drug-likeness (QED) is 0.902. The number of anilines is 2. The molecule has 0 aliphatic carbocycles.